The molecule has 2 nitrogen and oxygen atoms in total. The first-order valence-electron chi connectivity index (χ1n) is 8.59. The Labute approximate surface area is 126 Å². The summed E-state index contributed by atoms with van der Waals surface area (Å²) in [7, 11) is 0. The highest BCUT2D eigenvalue weighted by Gasteiger charge is 2.48. The third-order valence-corrected chi connectivity index (χ3v) is 5.37. The summed E-state index contributed by atoms with van der Waals surface area (Å²) in [4.78, 5) is 2.83. The van der Waals surface area contributed by atoms with E-state index in [-0.39, 0.29) is 5.54 Å². The van der Waals surface area contributed by atoms with Crippen LogP contribution in [0.1, 0.15) is 74.1 Å². The maximum absolute atomic E-state index is 3.88. The van der Waals surface area contributed by atoms with Crippen molar-refractivity contribution < 1.29 is 0 Å². The van der Waals surface area contributed by atoms with E-state index in [1.54, 1.807) is 0 Å². The maximum Gasteiger partial charge on any atom is 0.0309 e. The fourth-order valence-corrected chi connectivity index (χ4v) is 4.47. The molecule has 1 N–H and O–H groups in total. The summed E-state index contributed by atoms with van der Waals surface area (Å²) in [6.07, 6.45) is 5.36. The lowest BCUT2D eigenvalue weighted by Crippen LogP contribution is -2.68. The van der Waals surface area contributed by atoms with Crippen LogP contribution in [0.2, 0.25) is 0 Å². The Hall–Kier alpha value is -0.0800. The Morgan fingerprint density at radius 2 is 1.75 bits per heavy atom. The van der Waals surface area contributed by atoms with Gasteiger partial charge < -0.3 is 5.32 Å². The molecule has 2 atom stereocenters. The van der Waals surface area contributed by atoms with Crippen LogP contribution >= 0.6 is 0 Å². The Balaban J connectivity index is 2.15. The van der Waals surface area contributed by atoms with Gasteiger partial charge in [-0.15, -0.1) is 0 Å². The minimum Gasteiger partial charge on any atom is -0.308 e. The van der Waals surface area contributed by atoms with Gasteiger partial charge in [-0.1, -0.05) is 27.7 Å². The summed E-state index contributed by atoms with van der Waals surface area (Å²) < 4.78 is 0. The van der Waals surface area contributed by atoms with Gasteiger partial charge in [-0.3, -0.25) is 4.90 Å². The van der Waals surface area contributed by atoms with Crippen LogP contribution in [0.5, 0.6) is 0 Å². The van der Waals surface area contributed by atoms with Gasteiger partial charge in [0.25, 0.3) is 0 Å². The van der Waals surface area contributed by atoms with Crippen molar-refractivity contribution in [3.05, 3.63) is 0 Å². The van der Waals surface area contributed by atoms with Crippen LogP contribution in [-0.4, -0.2) is 35.1 Å². The molecular formula is C18H36N2. The lowest BCUT2D eigenvalue weighted by atomic mass is 9.78. The predicted molar refractivity (Wildman–Crippen MR) is 88.1 cm³/mol. The van der Waals surface area contributed by atoms with Gasteiger partial charge in [-0.2, -0.15) is 0 Å². The monoisotopic (exact) mass is 280 g/mol. The molecule has 0 spiro atoms. The zero-order valence-electron chi connectivity index (χ0n) is 14.8. The first kappa shape index (κ1) is 16.3. The number of hydrogen-bond donors (Lipinski definition) is 1. The Bertz CT molecular complexity index is 338. The molecule has 20 heavy (non-hydrogen) atoms. The molecule has 0 aromatic heterocycles. The summed E-state index contributed by atoms with van der Waals surface area (Å²) in [5.41, 5.74) is 1.03. The van der Waals surface area contributed by atoms with E-state index in [0.29, 0.717) is 17.0 Å². The standard InChI is InChI=1S/C18H36N2/c1-8-15-11-19-18(7,14-9-10-14)13-20(15)17(5,6)12-16(2,3)4/h14-15,19H,8-13H2,1-7H3. The smallest absolute Gasteiger partial charge is 0.0309 e. The Kier molecular flexibility index (Phi) is 4.30. The fourth-order valence-electron chi connectivity index (χ4n) is 4.47. The SMILES string of the molecule is CCC1CNC(C)(C2CC2)CN1C(C)(C)CC(C)(C)C. The highest BCUT2D eigenvalue weighted by molar-refractivity contribution is 5.06. The number of hydrogen-bond acceptors (Lipinski definition) is 2. The van der Waals surface area contributed by atoms with Crippen molar-refractivity contribution in [3.63, 3.8) is 0 Å². The summed E-state index contributed by atoms with van der Waals surface area (Å²) in [6.45, 7) is 19.2. The molecule has 1 heterocycles. The average Bonchev–Trinajstić information content (AvgIpc) is 3.09. The minimum absolute atomic E-state index is 0.289. The molecule has 2 heteroatoms. The summed E-state index contributed by atoms with van der Waals surface area (Å²) in [5.74, 6) is 0.910. The van der Waals surface area contributed by atoms with E-state index in [9.17, 15) is 0 Å². The molecule has 0 amide bonds. The van der Waals surface area contributed by atoms with Crippen LogP contribution in [0.3, 0.4) is 0 Å². The summed E-state index contributed by atoms with van der Waals surface area (Å²) >= 11 is 0. The van der Waals surface area contributed by atoms with Crippen molar-refractivity contribution in [1.82, 2.24) is 10.2 Å². The molecular weight excluding hydrogens is 244 g/mol. The Morgan fingerprint density at radius 1 is 1.15 bits per heavy atom. The number of nitrogens with one attached hydrogen (secondary N) is 1. The van der Waals surface area contributed by atoms with Gasteiger partial charge in [0.15, 0.2) is 0 Å². The van der Waals surface area contributed by atoms with E-state index in [1.807, 2.05) is 0 Å². The van der Waals surface area contributed by atoms with Crippen molar-refractivity contribution in [1.29, 1.82) is 0 Å². The second-order valence-corrected chi connectivity index (χ2v) is 9.31. The van der Waals surface area contributed by atoms with Gasteiger partial charge in [-0.05, 0) is 57.8 Å². The van der Waals surface area contributed by atoms with Gasteiger partial charge in [0.2, 0.25) is 0 Å². The molecule has 2 aliphatic rings. The van der Waals surface area contributed by atoms with E-state index >= 15 is 0 Å². The normalized spacial score (nSPS) is 33.5. The zero-order chi connectivity index (χ0) is 15.2. The quantitative estimate of drug-likeness (QED) is 0.835. The van der Waals surface area contributed by atoms with Gasteiger partial charge in [0.05, 0.1) is 0 Å². The van der Waals surface area contributed by atoms with Crippen LogP contribution in [-0.2, 0) is 0 Å². The van der Waals surface area contributed by atoms with Gasteiger partial charge in [0.1, 0.15) is 0 Å². The van der Waals surface area contributed by atoms with Crippen molar-refractivity contribution in [2.24, 2.45) is 11.3 Å². The first-order valence-corrected chi connectivity index (χ1v) is 8.59. The topological polar surface area (TPSA) is 15.3 Å². The molecule has 2 unspecified atom stereocenters. The van der Waals surface area contributed by atoms with E-state index in [4.69, 9.17) is 0 Å². The molecule has 1 saturated heterocycles. The van der Waals surface area contributed by atoms with Crippen molar-refractivity contribution in [3.8, 4) is 0 Å². The van der Waals surface area contributed by atoms with Gasteiger partial charge in [-0.25, -0.2) is 0 Å². The molecule has 2 fully saturated rings. The first-order chi connectivity index (χ1) is 9.07. The third kappa shape index (κ3) is 3.57. The Morgan fingerprint density at radius 3 is 2.20 bits per heavy atom. The molecule has 2 rings (SSSR count). The number of nitrogens with zero attached hydrogens (tertiary/aromatic N) is 1. The molecule has 1 aliphatic heterocycles. The van der Waals surface area contributed by atoms with Crippen LogP contribution in [0.25, 0.3) is 0 Å². The van der Waals surface area contributed by atoms with Crippen LogP contribution < -0.4 is 5.32 Å². The molecule has 1 saturated carbocycles. The molecule has 1 aliphatic carbocycles. The van der Waals surface area contributed by atoms with Crippen LogP contribution in [0, 0.1) is 11.3 Å². The predicted octanol–water partition coefficient (Wildman–Crippen LogP) is 4.05. The maximum atomic E-state index is 3.88. The van der Waals surface area contributed by atoms with Gasteiger partial charge in [0, 0.05) is 30.2 Å². The summed E-state index contributed by atoms with van der Waals surface area (Å²) in [6, 6.07) is 0.694. The van der Waals surface area contributed by atoms with E-state index in [2.05, 4.69) is 58.7 Å². The van der Waals surface area contributed by atoms with Crippen molar-refractivity contribution in [2.75, 3.05) is 13.1 Å². The second kappa shape index (κ2) is 5.28. The average molecular weight is 280 g/mol. The van der Waals surface area contributed by atoms with Gasteiger partial charge >= 0.3 is 0 Å². The lowest BCUT2D eigenvalue weighted by Gasteiger charge is -2.54. The highest BCUT2D eigenvalue weighted by Crippen LogP contribution is 2.44. The largest absolute Gasteiger partial charge is 0.308 e. The minimum atomic E-state index is 0.289. The lowest BCUT2D eigenvalue weighted by molar-refractivity contribution is -0.0213. The zero-order valence-corrected chi connectivity index (χ0v) is 14.8. The third-order valence-electron chi connectivity index (χ3n) is 5.37. The number of rotatable bonds is 4. The van der Waals surface area contributed by atoms with Crippen molar-refractivity contribution >= 4 is 0 Å². The highest BCUT2D eigenvalue weighted by atomic mass is 15.3. The molecule has 0 radical (unpaired) electrons. The summed E-state index contributed by atoms with van der Waals surface area (Å²) in [5, 5.41) is 3.88. The van der Waals surface area contributed by atoms with Crippen LogP contribution in [0.15, 0.2) is 0 Å². The van der Waals surface area contributed by atoms with E-state index in [0.717, 1.165) is 12.5 Å². The van der Waals surface area contributed by atoms with E-state index < -0.39 is 0 Å². The molecule has 0 aromatic rings. The molecule has 0 aromatic carbocycles. The molecule has 118 valence electrons. The molecule has 0 bridgehead atoms. The van der Waals surface area contributed by atoms with E-state index in [1.165, 1.54) is 32.2 Å². The fraction of sp³-hybridized carbons (Fsp3) is 1.00. The second-order valence-electron chi connectivity index (χ2n) is 9.31. The van der Waals surface area contributed by atoms with Crippen molar-refractivity contribution in [2.45, 2.75) is 91.3 Å². The number of piperazine rings is 1. The van der Waals surface area contributed by atoms with Crippen LogP contribution in [0.4, 0.5) is 0 Å².